The van der Waals surface area contributed by atoms with Crippen molar-refractivity contribution in [2.45, 2.75) is 65.2 Å². The largest absolute Gasteiger partial charge is 0.507 e. The predicted octanol–water partition coefficient (Wildman–Crippen LogP) is 6.07. The number of aromatic hydroxyl groups is 2. The Kier molecular flexibility index (Phi) is 11.6. The summed E-state index contributed by atoms with van der Waals surface area (Å²) in [6.45, 7) is 4.80. The van der Waals surface area contributed by atoms with Crippen LogP contribution in [0, 0.1) is 0 Å². The number of hydrogen-bond acceptors (Lipinski definition) is 8. The topological polar surface area (TPSA) is 124 Å². The maximum atomic E-state index is 10.1. The van der Waals surface area contributed by atoms with E-state index in [9.17, 15) is 20.6 Å². The summed E-state index contributed by atoms with van der Waals surface area (Å²) in [6.07, 6.45) is 6.72. The van der Waals surface area contributed by atoms with Crippen LogP contribution in [0.15, 0.2) is 46.7 Å². The molecule has 0 bridgehead atoms. The van der Waals surface area contributed by atoms with Gasteiger partial charge in [0, 0.05) is 11.1 Å². The Morgan fingerprint density at radius 2 is 1.03 bits per heavy atom. The van der Waals surface area contributed by atoms with Gasteiger partial charge >= 0.3 is 0 Å². The third-order valence-corrected chi connectivity index (χ3v) is 5.50. The molecule has 34 heavy (non-hydrogen) atoms. The van der Waals surface area contributed by atoms with Crippen molar-refractivity contribution in [3.63, 3.8) is 0 Å². The van der Waals surface area contributed by atoms with E-state index in [1.165, 1.54) is 0 Å². The number of phenols is 2. The SMILES string of the molecule is CCOc1ccc(O)c(/C(CCCCCCCC/C(=N\O)c2cc(OCC)ccc2O)=N/O)c1. The third kappa shape index (κ3) is 8.17. The lowest BCUT2D eigenvalue weighted by Crippen LogP contribution is -2.03. The number of benzene rings is 2. The van der Waals surface area contributed by atoms with Gasteiger partial charge in [0.1, 0.15) is 23.0 Å². The third-order valence-electron chi connectivity index (χ3n) is 5.50. The summed E-state index contributed by atoms with van der Waals surface area (Å²) in [5.41, 5.74) is 1.86. The molecule has 8 heteroatoms. The zero-order chi connectivity index (χ0) is 24.8. The standard InChI is InChI=1S/C26H36N2O6/c1-3-33-19-13-15-25(29)21(17-19)23(27-31)11-9-7-5-6-8-10-12-24(28-32)22-18-20(34-4-2)14-16-26(22)30/h13-18,29-32H,3-12H2,1-2H3/b27-23+,28-24+. The molecule has 0 saturated heterocycles. The van der Waals surface area contributed by atoms with Crippen LogP contribution in [0.3, 0.4) is 0 Å². The molecule has 0 aromatic heterocycles. The average molecular weight is 473 g/mol. The predicted molar refractivity (Wildman–Crippen MR) is 132 cm³/mol. The highest BCUT2D eigenvalue weighted by atomic mass is 16.5. The summed E-state index contributed by atoms with van der Waals surface area (Å²) in [5.74, 6) is 1.38. The fourth-order valence-electron chi connectivity index (χ4n) is 3.77. The van der Waals surface area contributed by atoms with Gasteiger partial charge in [0.15, 0.2) is 0 Å². The number of oxime groups is 2. The van der Waals surface area contributed by atoms with Crippen LogP contribution < -0.4 is 9.47 Å². The van der Waals surface area contributed by atoms with E-state index < -0.39 is 0 Å². The van der Waals surface area contributed by atoms with Crippen molar-refractivity contribution in [1.82, 2.24) is 0 Å². The molecule has 0 aliphatic rings. The molecule has 0 fully saturated rings. The van der Waals surface area contributed by atoms with Gasteiger partial charge in [0.05, 0.1) is 24.6 Å². The molecule has 0 heterocycles. The maximum Gasteiger partial charge on any atom is 0.125 e. The Labute approximate surface area is 201 Å². The molecular weight excluding hydrogens is 436 g/mol. The van der Waals surface area contributed by atoms with Crippen LogP contribution in [0.1, 0.15) is 76.3 Å². The van der Waals surface area contributed by atoms with Crippen LogP contribution in [-0.2, 0) is 0 Å². The fraction of sp³-hybridized carbons (Fsp3) is 0.462. The van der Waals surface area contributed by atoms with Crippen molar-refractivity contribution in [1.29, 1.82) is 0 Å². The molecule has 0 spiro atoms. The number of rotatable bonds is 15. The van der Waals surface area contributed by atoms with Gasteiger partial charge in [-0.05, 0) is 75.9 Å². The van der Waals surface area contributed by atoms with E-state index >= 15 is 0 Å². The number of unbranched alkanes of at least 4 members (excludes halogenated alkanes) is 5. The van der Waals surface area contributed by atoms with Crippen LogP contribution in [0.5, 0.6) is 23.0 Å². The zero-order valence-corrected chi connectivity index (χ0v) is 20.0. The normalized spacial score (nSPS) is 12.1. The van der Waals surface area contributed by atoms with Gasteiger partial charge < -0.3 is 30.1 Å². The molecule has 0 aliphatic carbocycles. The highest BCUT2D eigenvalue weighted by Crippen LogP contribution is 2.27. The smallest absolute Gasteiger partial charge is 0.125 e. The molecule has 0 unspecified atom stereocenters. The number of phenolic OH excluding ortho intramolecular Hbond substituents is 2. The number of nitrogens with zero attached hydrogens (tertiary/aromatic N) is 2. The summed E-state index contributed by atoms with van der Waals surface area (Å²) >= 11 is 0. The van der Waals surface area contributed by atoms with E-state index in [4.69, 9.17) is 9.47 Å². The zero-order valence-electron chi connectivity index (χ0n) is 20.0. The van der Waals surface area contributed by atoms with Crippen molar-refractivity contribution in [2.24, 2.45) is 10.3 Å². The monoisotopic (exact) mass is 472 g/mol. The second-order valence-electron chi connectivity index (χ2n) is 7.94. The van der Waals surface area contributed by atoms with Crippen molar-refractivity contribution in [3.8, 4) is 23.0 Å². The summed E-state index contributed by atoms with van der Waals surface area (Å²) in [5, 5.41) is 45.8. The molecule has 0 amide bonds. The van der Waals surface area contributed by atoms with Gasteiger partial charge in [-0.3, -0.25) is 0 Å². The minimum Gasteiger partial charge on any atom is -0.507 e. The number of ether oxygens (including phenoxy) is 2. The molecule has 8 nitrogen and oxygen atoms in total. The Hall–Kier alpha value is -3.42. The molecule has 0 atom stereocenters. The summed E-state index contributed by atoms with van der Waals surface area (Å²) in [6, 6.07) is 9.83. The lowest BCUT2D eigenvalue weighted by Gasteiger charge is -2.10. The first-order valence-electron chi connectivity index (χ1n) is 11.9. The Bertz CT molecular complexity index is 881. The first-order valence-corrected chi connectivity index (χ1v) is 11.9. The molecule has 2 aromatic carbocycles. The minimum absolute atomic E-state index is 0.0652. The van der Waals surface area contributed by atoms with Gasteiger partial charge in [0.2, 0.25) is 0 Å². The lowest BCUT2D eigenvalue weighted by atomic mass is 10.00. The molecular formula is C26H36N2O6. The van der Waals surface area contributed by atoms with E-state index in [-0.39, 0.29) is 11.5 Å². The summed E-state index contributed by atoms with van der Waals surface area (Å²) in [7, 11) is 0. The van der Waals surface area contributed by atoms with Crippen LogP contribution in [-0.4, -0.2) is 45.3 Å². The second-order valence-corrected chi connectivity index (χ2v) is 7.94. The fourth-order valence-corrected chi connectivity index (χ4v) is 3.77. The molecule has 4 N–H and O–H groups in total. The highest BCUT2D eigenvalue weighted by Gasteiger charge is 2.13. The number of hydrogen-bond donors (Lipinski definition) is 4. The Balaban J connectivity index is 1.73. The summed E-state index contributed by atoms with van der Waals surface area (Å²) < 4.78 is 10.9. The van der Waals surface area contributed by atoms with Crippen LogP contribution in [0.4, 0.5) is 0 Å². The van der Waals surface area contributed by atoms with E-state index in [1.54, 1.807) is 36.4 Å². The van der Waals surface area contributed by atoms with Crippen molar-refractivity contribution in [2.75, 3.05) is 13.2 Å². The highest BCUT2D eigenvalue weighted by molar-refractivity contribution is 6.03. The van der Waals surface area contributed by atoms with Gasteiger partial charge in [-0.2, -0.15) is 0 Å². The van der Waals surface area contributed by atoms with Gasteiger partial charge in [-0.15, -0.1) is 0 Å². The van der Waals surface area contributed by atoms with E-state index in [0.717, 1.165) is 38.5 Å². The van der Waals surface area contributed by atoms with Crippen LogP contribution in [0.25, 0.3) is 0 Å². The molecule has 2 aromatic rings. The summed E-state index contributed by atoms with van der Waals surface area (Å²) in [4.78, 5) is 0. The van der Waals surface area contributed by atoms with Gasteiger partial charge in [-0.25, -0.2) is 0 Å². The van der Waals surface area contributed by atoms with Crippen molar-refractivity contribution < 1.29 is 30.1 Å². The minimum atomic E-state index is 0.0652. The molecule has 186 valence electrons. The lowest BCUT2D eigenvalue weighted by molar-refractivity contribution is 0.317. The Morgan fingerprint density at radius 3 is 1.38 bits per heavy atom. The van der Waals surface area contributed by atoms with Crippen molar-refractivity contribution >= 4 is 11.4 Å². The molecule has 2 rings (SSSR count). The van der Waals surface area contributed by atoms with E-state index in [0.29, 0.717) is 60.1 Å². The Morgan fingerprint density at radius 1 is 0.647 bits per heavy atom. The van der Waals surface area contributed by atoms with E-state index in [1.807, 2.05) is 13.8 Å². The quantitative estimate of drug-likeness (QED) is 0.108. The first-order chi connectivity index (χ1) is 16.5. The van der Waals surface area contributed by atoms with Gasteiger partial charge in [0.25, 0.3) is 0 Å². The second kappa shape index (κ2) is 14.7. The first kappa shape index (κ1) is 26.8. The van der Waals surface area contributed by atoms with E-state index in [2.05, 4.69) is 10.3 Å². The van der Waals surface area contributed by atoms with Crippen LogP contribution >= 0.6 is 0 Å². The maximum absolute atomic E-state index is 10.1. The molecule has 0 aliphatic heterocycles. The average Bonchev–Trinajstić information content (AvgIpc) is 2.84. The van der Waals surface area contributed by atoms with Crippen molar-refractivity contribution in [3.05, 3.63) is 47.5 Å². The van der Waals surface area contributed by atoms with Crippen LogP contribution in [0.2, 0.25) is 0 Å². The molecule has 0 saturated carbocycles. The molecule has 0 radical (unpaired) electrons. The van der Waals surface area contributed by atoms with Gasteiger partial charge in [-0.1, -0.05) is 36.0 Å².